The lowest BCUT2D eigenvalue weighted by atomic mass is 9.90. The van der Waals surface area contributed by atoms with Crippen LogP contribution in [0.2, 0.25) is 5.02 Å². The van der Waals surface area contributed by atoms with Gasteiger partial charge in [-0.15, -0.1) is 0 Å². The summed E-state index contributed by atoms with van der Waals surface area (Å²) in [5.74, 6) is -0.590. The van der Waals surface area contributed by atoms with Crippen molar-refractivity contribution in [3.63, 3.8) is 0 Å². The predicted molar refractivity (Wildman–Crippen MR) is 155 cm³/mol. The second-order valence-electron chi connectivity index (χ2n) is 10.4. The summed E-state index contributed by atoms with van der Waals surface area (Å²) in [5.41, 5.74) is -0.747. The SMILES string of the molecule is COc1ccc2cc(C3(C)NC(=O)N(CC(=O)Nc4cc(S(=O)(=O)N5CCCCCC5)ccc4Cl)C3=O)ccc2c1. The van der Waals surface area contributed by atoms with Gasteiger partial charge >= 0.3 is 6.03 Å². The van der Waals surface area contributed by atoms with Crippen molar-refractivity contribution in [2.75, 3.05) is 32.1 Å². The Kier molecular flexibility index (Phi) is 7.95. The summed E-state index contributed by atoms with van der Waals surface area (Å²) in [6, 6.07) is 14.3. The first-order chi connectivity index (χ1) is 19.5. The highest BCUT2D eigenvalue weighted by atomic mass is 35.5. The van der Waals surface area contributed by atoms with E-state index in [2.05, 4.69) is 10.6 Å². The molecule has 3 aromatic carbocycles. The number of hydrogen-bond donors (Lipinski definition) is 2. The zero-order valence-corrected chi connectivity index (χ0v) is 24.3. The van der Waals surface area contributed by atoms with Crippen molar-refractivity contribution in [2.45, 2.75) is 43.0 Å². The molecule has 216 valence electrons. The highest BCUT2D eigenvalue weighted by Crippen LogP contribution is 2.33. The van der Waals surface area contributed by atoms with Gasteiger partial charge in [0.25, 0.3) is 5.91 Å². The average molecular weight is 599 g/mol. The smallest absolute Gasteiger partial charge is 0.325 e. The molecule has 1 unspecified atom stereocenters. The number of urea groups is 1. The minimum atomic E-state index is -3.78. The summed E-state index contributed by atoms with van der Waals surface area (Å²) in [4.78, 5) is 40.1. The summed E-state index contributed by atoms with van der Waals surface area (Å²) in [6.07, 6.45) is 3.53. The molecule has 2 aliphatic heterocycles. The number of amides is 4. The van der Waals surface area contributed by atoms with E-state index in [0.717, 1.165) is 41.4 Å². The largest absolute Gasteiger partial charge is 0.497 e. The number of hydrogen-bond acceptors (Lipinski definition) is 6. The number of carbonyl (C=O) groups is 3. The Bertz CT molecular complexity index is 1640. The molecule has 0 spiro atoms. The molecule has 4 amide bonds. The Balaban J connectivity index is 1.32. The molecule has 12 heteroatoms. The standard InChI is InChI=1S/C29H31ClN4O6S/c1-29(21-9-7-20-16-22(40-2)10-8-19(20)15-21)27(36)34(28(37)32-29)18-26(35)31-25-17-23(11-12-24(25)30)41(38,39)33-13-5-3-4-6-14-33/h7-12,15-17H,3-6,13-14,18H2,1-2H3,(H,31,35)(H,32,37). The summed E-state index contributed by atoms with van der Waals surface area (Å²) >= 11 is 6.28. The number of sulfonamides is 1. The lowest BCUT2D eigenvalue weighted by Gasteiger charge is -2.23. The van der Waals surface area contributed by atoms with Gasteiger partial charge < -0.3 is 15.4 Å². The zero-order chi connectivity index (χ0) is 29.4. The monoisotopic (exact) mass is 598 g/mol. The predicted octanol–water partition coefficient (Wildman–Crippen LogP) is 4.47. The molecule has 2 fully saturated rings. The number of halogens is 1. The topological polar surface area (TPSA) is 125 Å². The fourth-order valence-electron chi connectivity index (χ4n) is 5.22. The molecule has 0 bridgehead atoms. The maximum absolute atomic E-state index is 13.4. The number of anilines is 1. The average Bonchev–Trinajstić information content (AvgIpc) is 3.15. The molecule has 3 aromatic rings. The minimum Gasteiger partial charge on any atom is -0.497 e. The van der Waals surface area contributed by atoms with Gasteiger partial charge in [0.15, 0.2) is 0 Å². The van der Waals surface area contributed by atoms with Crippen LogP contribution in [0.15, 0.2) is 59.5 Å². The van der Waals surface area contributed by atoms with E-state index in [1.807, 2.05) is 24.3 Å². The van der Waals surface area contributed by atoms with Crippen LogP contribution in [0.5, 0.6) is 5.75 Å². The Morgan fingerprint density at radius 1 is 1.00 bits per heavy atom. The van der Waals surface area contributed by atoms with Gasteiger partial charge in [0.2, 0.25) is 15.9 Å². The van der Waals surface area contributed by atoms with Crippen LogP contribution < -0.4 is 15.4 Å². The number of benzene rings is 3. The first kappa shape index (κ1) is 28.8. The van der Waals surface area contributed by atoms with Crippen LogP contribution in [0.25, 0.3) is 10.8 Å². The van der Waals surface area contributed by atoms with Crippen LogP contribution in [0.3, 0.4) is 0 Å². The van der Waals surface area contributed by atoms with E-state index in [-0.39, 0.29) is 15.6 Å². The molecule has 2 aliphatic rings. The van der Waals surface area contributed by atoms with Gasteiger partial charge in [0.1, 0.15) is 17.8 Å². The van der Waals surface area contributed by atoms with Crippen LogP contribution in [0, 0.1) is 0 Å². The van der Waals surface area contributed by atoms with Crippen molar-refractivity contribution in [2.24, 2.45) is 0 Å². The van der Waals surface area contributed by atoms with E-state index in [9.17, 15) is 22.8 Å². The lowest BCUT2D eigenvalue weighted by molar-refractivity contribution is -0.133. The normalized spacial score (nSPS) is 20.1. The first-order valence-electron chi connectivity index (χ1n) is 13.3. The van der Waals surface area contributed by atoms with Crippen molar-refractivity contribution in [1.82, 2.24) is 14.5 Å². The maximum atomic E-state index is 13.4. The molecule has 0 aliphatic carbocycles. The number of ether oxygens (including phenoxy) is 1. The van der Waals surface area contributed by atoms with Gasteiger partial charge in [-0.2, -0.15) is 4.31 Å². The summed E-state index contributed by atoms with van der Waals surface area (Å²) in [7, 11) is -2.20. The Hall–Kier alpha value is -3.67. The summed E-state index contributed by atoms with van der Waals surface area (Å²) in [5, 5.41) is 7.16. The third-order valence-electron chi connectivity index (χ3n) is 7.62. The van der Waals surface area contributed by atoms with Crippen LogP contribution in [0.1, 0.15) is 38.2 Å². The maximum Gasteiger partial charge on any atom is 0.325 e. The van der Waals surface area contributed by atoms with Gasteiger partial charge in [-0.1, -0.05) is 42.6 Å². The Labute approximate surface area is 243 Å². The van der Waals surface area contributed by atoms with Crippen LogP contribution in [-0.4, -0.2) is 62.2 Å². The van der Waals surface area contributed by atoms with E-state index in [4.69, 9.17) is 16.3 Å². The number of imide groups is 1. The van der Waals surface area contributed by atoms with Gasteiger partial charge in [0, 0.05) is 13.1 Å². The fraction of sp³-hybridized carbons (Fsp3) is 0.345. The van der Waals surface area contributed by atoms with Gasteiger partial charge in [-0.25, -0.2) is 13.2 Å². The Morgan fingerprint density at radius 3 is 2.39 bits per heavy atom. The molecule has 10 nitrogen and oxygen atoms in total. The van der Waals surface area contributed by atoms with E-state index < -0.39 is 40.0 Å². The van der Waals surface area contributed by atoms with Crippen molar-refractivity contribution in [3.8, 4) is 5.75 Å². The van der Waals surface area contributed by atoms with E-state index in [1.54, 1.807) is 26.2 Å². The highest BCUT2D eigenvalue weighted by Gasteiger charge is 2.49. The molecule has 1 atom stereocenters. The van der Waals surface area contributed by atoms with Gasteiger partial charge in [-0.05, 0) is 72.5 Å². The number of nitrogens with zero attached hydrogens (tertiary/aromatic N) is 2. The third kappa shape index (κ3) is 5.61. The zero-order valence-electron chi connectivity index (χ0n) is 22.8. The second kappa shape index (κ2) is 11.3. The summed E-state index contributed by atoms with van der Waals surface area (Å²) < 4.78 is 33.2. The molecular weight excluding hydrogens is 568 g/mol. The molecule has 2 saturated heterocycles. The van der Waals surface area contributed by atoms with E-state index in [1.165, 1.54) is 22.5 Å². The highest BCUT2D eigenvalue weighted by molar-refractivity contribution is 7.89. The minimum absolute atomic E-state index is 0.00981. The van der Waals surface area contributed by atoms with Crippen LogP contribution in [-0.2, 0) is 25.2 Å². The van der Waals surface area contributed by atoms with Crippen LogP contribution >= 0.6 is 11.6 Å². The quantitative estimate of drug-likeness (QED) is 0.387. The number of nitrogens with one attached hydrogen (secondary N) is 2. The summed E-state index contributed by atoms with van der Waals surface area (Å²) in [6.45, 7) is 1.88. The first-order valence-corrected chi connectivity index (χ1v) is 15.2. The van der Waals surface area contributed by atoms with E-state index in [0.29, 0.717) is 24.4 Å². The molecule has 2 N–H and O–H groups in total. The van der Waals surface area contributed by atoms with Crippen LogP contribution in [0.4, 0.5) is 10.5 Å². The fourth-order valence-corrected chi connectivity index (χ4v) is 6.93. The molecule has 2 heterocycles. The van der Waals surface area contributed by atoms with Crippen molar-refractivity contribution in [1.29, 1.82) is 0 Å². The van der Waals surface area contributed by atoms with Gasteiger partial charge in [0.05, 0.1) is 22.7 Å². The molecule has 5 rings (SSSR count). The Morgan fingerprint density at radius 2 is 1.68 bits per heavy atom. The molecule has 0 radical (unpaired) electrons. The van der Waals surface area contributed by atoms with Crippen molar-refractivity contribution < 1.29 is 27.5 Å². The van der Waals surface area contributed by atoms with Crippen molar-refractivity contribution >= 4 is 55.9 Å². The number of fused-ring (bicyclic) bond motifs is 1. The molecule has 0 aromatic heterocycles. The van der Waals surface area contributed by atoms with Crippen molar-refractivity contribution in [3.05, 3.63) is 65.2 Å². The molecule has 41 heavy (non-hydrogen) atoms. The number of carbonyl (C=O) groups excluding carboxylic acids is 3. The third-order valence-corrected chi connectivity index (χ3v) is 9.84. The molecule has 0 saturated carbocycles. The molecular formula is C29H31ClN4O6S. The van der Waals surface area contributed by atoms with E-state index >= 15 is 0 Å². The number of methoxy groups -OCH3 is 1. The lowest BCUT2D eigenvalue weighted by Crippen LogP contribution is -2.42. The number of rotatable bonds is 7. The second-order valence-corrected chi connectivity index (χ2v) is 12.7. The van der Waals surface area contributed by atoms with Gasteiger partial charge in [-0.3, -0.25) is 14.5 Å².